The molecule has 1 aliphatic heterocycles. The van der Waals surface area contributed by atoms with Crippen LogP contribution in [0.4, 0.5) is 0 Å². The average molecular weight is 872 g/mol. The maximum absolute atomic E-state index is 12.7. The van der Waals surface area contributed by atoms with Crippen molar-refractivity contribution < 1.29 is 13.9 Å². The first-order valence-corrected chi connectivity index (χ1v) is 25.4. The lowest BCUT2D eigenvalue weighted by Crippen LogP contribution is -2.17. The smallest absolute Gasteiger partial charge is 0.277 e. The summed E-state index contributed by atoms with van der Waals surface area (Å²) < 4.78 is 13.8. The fraction of sp³-hybridized carbons (Fsp3) is 0.213. The zero-order valence-electron chi connectivity index (χ0n) is 37.7. The van der Waals surface area contributed by atoms with Crippen molar-refractivity contribution in [3.63, 3.8) is 0 Å². The Morgan fingerprint density at radius 2 is 0.785 bits per heavy atom. The Balaban J connectivity index is 1.18. The van der Waals surface area contributed by atoms with Crippen molar-refractivity contribution >= 4 is 7.94 Å². The van der Waals surface area contributed by atoms with Crippen LogP contribution in [0, 0.1) is 0 Å². The highest BCUT2D eigenvalue weighted by Gasteiger charge is 2.46. The number of benzene rings is 8. The van der Waals surface area contributed by atoms with E-state index in [-0.39, 0.29) is 0 Å². The molecule has 0 atom stereocenters. The molecule has 8 aromatic rings. The van der Waals surface area contributed by atoms with Gasteiger partial charge in [-0.25, -0.2) is 0 Å². The van der Waals surface area contributed by atoms with E-state index in [1.54, 1.807) is 0 Å². The number of hydrogen-bond acceptors (Lipinski definition) is 3. The first-order chi connectivity index (χ1) is 32.0. The van der Waals surface area contributed by atoms with Gasteiger partial charge in [-0.1, -0.05) is 215 Å². The zero-order valence-corrected chi connectivity index (χ0v) is 38.6. The van der Waals surface area contributed by atoms with Crippen LogP contribution < -0.4 is 9.05 Å². The zero-order chi connectivity index (χ0) is 44.3. The van der Waals surface area contributed by atoms with E-state index in [1.165, 1.54) is 74.9 Å². The fourth-order valence-electron chi connectivity index (χ4n) is 9.48. The predicted molar refractivity (Wildman–Crippen MR) is 272 cm³/mol. The van der Waals surface area contributed by atoms with Crippen LogP contribution in [0.3, 0.4) is 0 Å². The molecular formula is C61H60O3P+. The van der Waals surface area contributed by atoms with Crippen molar-refractivity contribution in [2.24, 2.45) is 0 Å². The second kappa shape index (κ2) is 21.2. The van der Waals surface area contributed by atoms with E-state index in [2.05, 4.69) is 189 Å². The molecule has 0 aliphatic carbocycles. The van der Waals surface area contributed by atoms with Crippen LogP contribution >= 0.6 is 7.94 Å². The topological polar surface area (TPSA) is 38.7 Å². The SMILES string of the molecule is CCCCCCCC[P+]1(O)Oc2cccc(-c3ccc(Cc4ccccc4)cc3Cc3ccccc3)c2Cc2c(cccc2-c2ccc(Cc3ccccc3)cc2Cc2ccccc2)O1. The van der Waals surface area contributed by atoms with E-state index in [1.807, 2.05) is 12.1 Å². The number of rotatable bonds is 17. The molecule has 65 heavy (non-hydrogen) atoms. The van der Waals surface area contributed by atoms with Crippen LogP contribution in [-0.2, 0) is 32.1 Å². The first-order valence-electron chi connectivity index (χ1n) is 23.6. The molecule has 4 heteroatoms. The summed E-state index contributed by atoms with van der Waals surface area (Å²) >= 11 is 0. The van der Waals surface area contributed by atoms with Gasteiger partial charge in [0, 0.05) is 17.5 Å². The second-order valence-electron chi connectivity index (χ2n) is 17.7. The lowest BCUT2D eigenvalue weighted by molar-refractivity contribution is 0.339. The highest BCUT2D eigenvalue weighted by atomic mass is 31.2. The van der Waals surface area contributed by atoms with Crippen LogP contribution in [0.15, 0.2) is 194 Å². The van der Waals surface area contributed by atoms with Crippen LogP contribution in [0.2, 0.25) is 0 Å². The third kappa shape index (κ3) is 11.2. The van der Waals surface area contributed by atoms with Crippen LogP contribution in [-0.4, -0.2) is 11.1 Å². The molecule has 0 unspecified atom stereocenters. The average Bonchev–Trinajstić information content (AvgIpc) is 3.32. The Morgan fingerprint density at radius 3 is 1.22 bits per heavy atom. The summed E-state index contributed by atoms with van der Waals surface area (Å²) in [5.74, 6) is 1.40. The van der Waals surface area contributed by atoms with Gasteiger partial charge >= 0.3 is 7.94 Å². The van der Waals surface area contributed by atoms with Gasteiger partial charge in [-0.3, -0.25) is 9.05 Å². The maximum atomic E-state index is 12.7. The molecule has 0 amide bonds. The Kier molecular flexibility index (Phi) is 14.3. The van der Waals surface area contributed by atoms with E-state index in [9.17, 15) is 4.89 Å². The lowest BCUT2D eigenvalue weighted by Gasteiger charge is -2.27. The predicted octanol–water partition coefficient (Wildman–Crippen LogP) is 15.9. The van der Waals surface area contributed by atoms with Gasteiger partial charge in [0.15, 0.2) is 17.7 Å². The molecule has 0 saturated heterocycles. The van der Waals surface area contributed by atoms with Crippen molar-refractivity contribution in [1.29, 1.82) is 0 Å². The minimum absolute atomic E-state index is 0.466. The first kappa shape index (κ1) is 44.0. The highest BCUT2D eigenvalue weighted by Crippen LogP contribution is 2.60. The van der Waals surface area contributed by atoms with Gasteiger partial charge in [0.05, 0.1) is 0 Å². The minimum Gasteiger partial charge on any atom is -0.277 e. The van der Waals surface area contributed by atoms with Gasteiger partial charge in [0.1, 0.15) is 0 Å². The molecule has 9 rings (SSSR count). The van der Waals surface area contributed by atoms with Gasteiger partial charge < -0.3 is 0 Å². The lowest BCUT2D eigenvalue weighted by atomic mass is 9.85. The summed E-state index contributed by atoms with van der Waals surface area (Å²) in [6.45, 7) is 2.25. The largest absolute Gasteiger partial charge is 0.495 e. The van der Waals surface area contributed by atoms with Crippen molar-refractivity contribution in [2.45, 2.75) is 77.6 Å². The van der Waals surface area contributed by atoms with Crippen molar-refractivity contribution in [3.05, 3.63) is 250 Å². The molecule has 1 heterocycles. The number of fused-ring (bicyclic) bond motifs is 2. The summed E-state index contributed by atoms with van der Waals surface area (Å²) in [5, 5.41) is 0. The monoisotopic (exact) mass is 871 g/mol. The number of unbranched alkanes of at least 4 members (excludes halogenated alkanes) is 5. The molecule has 0 spiro atoms. The Hall–Kier alpha value is -6.25. The van der Waals surface area contributed by atoms with Gasteiger partial charge in [-0.2, -0.15) is 4.89 Å². The summed E-state index contributed by atoms with van der Waals surface area (Å²) in [6, 6.07) is 69.8. The molecule has 326 valence electrons. The Bertz CT molecular complexity index is 2600. The molecule has 0 saturated carbocycles. The standard InChI is InChI=1S/C61H60O3P/c1-2-3-4-5-6-19-38-65(62)63-60-32-20-30-56(54-36-34-50(39-46-22-11-7-12-23-46)43-52(54)41-48-26-15-9-16-27-48)58(60)45-59-57(31-21-33-61(59)64-65)55-37-35-51(40-47-24-13-8-14-25-47)44-53(55)42-49-28-17-10-18-29-49/h7-18,20-37,43-44,62H,2-6,19,38-42,45H2,1H3/q+1. The third-order valence-electron chi connectivity index (χ3n) is 12.8. The van der Waals surface area contributed by atoms with E-state index in [0.29, 0.717) is 24.1 Å². The van der Waals surface area contributed by atoms with E-state index in [4.69, 9.17) is 9.05 Å². The molecular weight excluding hydrogens is 812 g/mol. The quantitative estimate of drug-likeness (QED) is 0.0732. The highest BCUT2D eigenvalue weighted by molar-refractivity contribution is 7.61. The maximum Gasteiger partial charge on any atom is 0.495 e. The minimum atomic E-state index is -3.40. The number of hydrogen-bond donors (Lipinski definition) is 1. The van der Waals surface area contributed by atoms with Crippen LogP contribution in [0.5, 0.6) is 11.5 Å². The molecule has 0 radical (unpaired) electrons. The summed E-state index contributed by atoms with van der Waals surface area (Å²) in [7, 11) is -3.40. The van der Waals surface area contributed by atoms with Crippen molar-refractivity contribution in [2.75, 3.05) is 6.16 Å². The fourth-order valence-corrected chi connectivity index (χ4v) is 11.3. The van der Waals surface area contributed by atoms with Gasteiger partial charge in [0.25, 0.3) is 0 Å². The van der Waals surface area contributed by atoms with Crippen molar-refractivity contribution in [1.82, 2.24) is 0 Å². The summed E-state index contributed by atoms with van der Waals surface area (Å²) in [4.78, 5) is 12.7. The van der Waals surface area contributed by atoms with Crippen LogP contribution in [0.1, 0.15) is 101 Å². The Morgan fingerprint density at radius 1 is 0.385 bits per heavy atom. The van der Waals surface area contributed by atoms with Gasteiger partial charge in [0.2, 0.25) is 0 Å². The third-order valence-corrected chi connectivity index (χ3v) is 14.6. The van der Waals surface area contributed by atoms with E-state index >= 15 is 0 Å². The summed E-state index contributed by atoms with van der Waals surface area (Å²) in [5.41, 5.74) is 17.0. The summed E-state index contributed by atoms with van der Waals surface area (Å²) in [6.07, 6.45) is 11.0. The normalized spacial score (nSPS) is 12.8. The van der Waals surface area contributed by atoms with Gasteiger partial charge in [-0.15, -0.1) is 0 Å². The molecule has 1 aliphatic rings. The van der Waals surface area contributed by atoms with E-state index < -0.39 is 7.94 Å². The molecule has 3 nitrogen and oxygen atoms in total. The van der Waals surface area contributed by atoms with Gasteiger partial charge in [-0.05, 0) is 117 Å². The van der Waals surface area contributed by atoms with Crippen molar-refractivity contribution in [3.8, 4) is 33.8 Å². The van der Waals surface area contributed by atoms with E-state index in [0.717, 1.165) is 67.2 Å². The second-order valence-corrected chi connectivity index (χ2v) is 19.8. The molecule has 0 bridgehead atoms. The Labute approximate surface area is 387 Å². The van der Waals surface area contributed by atoms with Crippen LogP contribution in [0.25, 0.3) is 22.3 Å². The molecule has 8 aromatic carbocycles. The molecule has 0 aromatic heterocycles. The molecule has 1 N–H and O–H groups in total. The molecule has 0 fully saturated rings.